The van der Waals surface area contributed by atoms with Gasteiger partial charge >= 0.3 is 6.18 Å². The Morgan fingerprint density at radius 3 is 2.42 bits per heavy atom. The molecule has 0 aliphatic carbocycles. The van der Waals surface area contributed by atoms with E-state index >= 15 is 0 Å². The lowest BCUT2D eigenvalue weighted by molar-refractivity contribution is -0.384. The Hall–Kier alpha value is -4.57. The normalized spacial score (nSPS) is 14.1. The maximum absolute atomic E-state index is 13.2. The number of carbonyl (C=O) groups excluding carboxylic acids is 3. The number of hydrogen-bond acceptors (Lipinski definition) is 9. The number of benzene rings is 3. The van der Waals surface area contributed by atoms with Gasteiger partial charge in [-0.3, -0.25) is 29.4 Å². The number of nitro groups is 1. The van der Waals surface area contributed by atoms with Crippen LogP contribution in [-0.2, 0) is 22.4 Å². The number of carbonyl (C=O) groups is 3. The van der Waals surface area contributed by atoms with Crippen LogP contribution in [-0.4, -0.2) is 47.1 Å². The Balaban J connectivity index is 1.49. The molecule has 1 aliphatic rings. The van der Waals surface area contributed by atoms with Crippen LogP contribution >= 0.6 is 27.7 Å². The number of nitrogens with one attached hydrogen (secondary N) is 1. The molecule has 1 heterocycles. The summed E-state index contributed by atoms with van der Waals surface area (Å²) < 4.78 is 56.6. The fraction of sp³-hybridized carbons (Fsp3) is 0.207. The van der Waals surface area contributed by atoms with Crippen LogP contribution in [0.15, 0.2) is 64.0 Å². The first-order valence-corrected chi connectivity index (χ1v) is 14.5. The molecular weight excluding hydrogens is 687 g/mol. The number of nitro benzene ring substituents is 1. The Bertz CT molecular complexity index is 1680. The molecule has 45 heavy (non-hydrogen) atoms. The molecule has 0 radical (unpaired) electrons. The van der Waals surface area contributed by atoms with Gasteiger partial charge in [0, 0.05) is 12.1 Å². The molecule has 0 bridgehead atoms. The molecule has 3 aromatic rings. The zero-order chi connectivity index (χ0) is 32.9. The summed E-state index contributed by atoms with van der Waals surface area (Å²) in [6, 6.07) is 11.6. The monoisotopic (exact) mass is 709 g/mol. The number of non-ortho nitro benzene ring substituents is 1. The molecule has 1 aliphatic heterocycles. The molecule has 1 fully saturated rings. The average molecular weight is 710 g/mol. The number of amides is 3. The second-order valence-corrected chi connectivity index (χ2v) is 11.1. The Morgan fingerprint density at radius 2 is 1.80 bits per heavy atom. The highest BCUT2D eigenvalue weighted by Gasteiger charge is 2.37. The molecule has 4 rings (SSSR count). The van der Waals surface area contributed by atoms with Crippen molar-refractivity contribution in [3.63, 3.8) is 0 Å². The number of alkyl halides is 3. The summed E-state index contributed by atoms with van der Waals surface area (Å²) in [6.07, 6.45) is -3.25. The molecule has 16 heteroatoms. The predicted molar refractivity (Wildman–Crippen MR) is 162 cm³/mol. The van der Waals surface area contributed by atoms with E-state index in [0.717, 1.165) is 12.1 Å². The van der Waals surface area contributed by atoms with Crippen LogP contribution in [0.2, 0.25) is 0 Å². The van der Waals surface area contributed by atoms with Gasteiger partial charge in [-0.2, -0.15) is 13.2 Å². The maximum atomic E-state index is 13.2. The number of ether oxygens (including phenoxy) is 3. The lowest BCUT2D eigenvalue weighted by Crippen LogP contribution is -2.36. The van der Waals surface area contributed by atoms with Gasteiger partial charge in [-0.25, -0.2) is 0 Å². The summed E-state index contributed by atoms with van der Waals surface area (Å²) in [7, 11) is 1.21. The number of nitrogens with zero attached hydrogens (tertiary/aromatic N) is 2. The second kappa shape index (κ2) is 14.0. The number of rotatable bonds is 11. The average Bonchev–Trinajstić information content (AvgIpc) is 3.23. The highest BCUT2D eigenvalue weighted by molar-refractivity contribution is 9.10. The van der Waals surface area contributed by atoms with Crippen LogP contribution in [0.25, 0.3) is 6.08 Å². The van der Waals surface area contributed by atoms with Gasteiger partial charge in [0.2, 0.25) is 5.91 Å². The topological polar surface area (TPSA) is 137 Å². The largest absolute Gasteiger partial charge is 0.495 e. The van der Waals surface area contributed by atoms with Crippen molar-refractivity contribution < 1.29 is 46.7 Å². The summed E-state index contributed by atoms with van der Waals surface area (Å²) in [5.74, 6) is -1.08. The Morgan fingerprint density at radius 1 is 1.09 bits per heavy atom. The van der Waals surface area contributed by atoms with E-state index in [1.165, 1.54) is 25.3 Å². The molecule has 3 amide bonds. The lowest BCUT2D eigenvalue weighted by Gasteiger charge is -2.16. The molecule has 1 saturated heterocycles. The van der Waals surface area contributed by atoms with Crippen LogP contribution in [0.3, 0.4) is 0 Å². The molecular formula is C29H23BrF3N3O8S. The van der Waals surface area contributed by atoms with Crippen LogP contribution in [0.1, 0.15) is 23.6 Å². The first kappa shape index (κ1) is 33.3. The van der Waals surface area contributed by atoms with E-state index in [2.05, 4.69) is 21.2 Å². The van der Waals surface area contributed by atoms with Crippen molar-refractivity contribution in [1.29, 1.82) is 0 Å². The van der Waals surface area contributed by atoms with Crippen LogP contribution in [0, 0.1) is 10.1 Å². The van der Waals surface area contributed by atoms with Gasteiger partial charge in [0.05, 0.1) is 39.3 Å². The number of imide groups is 1. The SMILES string of the molecule is CCOc1cc(/C=C2\SC(=O)N(CC(=O)Nc3cc(C(F)(F)F)ccc3OC)C2=O)cc(Br)c1OCc1ccc([N+](=O)[O-])cc1. The smallest absolute Gasteiger partial charge is 0.416 e. The number of hydrogen-bond donors (Lipinski definition) is 1. The summed E-state index contributed by atoms with van der Waals surface area (Å²) >= 11 is 4.02. The van der Waals surface area contributed by atoms with Crippen molar-refractivity contribution in [2.24, 2.45) is 0 Å². The fourth-order valence-corrected chi connectivity index (χ4v) is 5.46. The van der Waals surface area contributed by atoms with Crippen molar-refractivity contribution in [2.45, 2.75) is 19.7 Å². The molecule has 0 spiro atoms. The molecule has 1 N–H and O–H groups in total. The van der Waals surface area contributed by atoms with E-state index in [0.29, 0.717) is 49.8 Å². The standard InChI is InChI=1S/C29H23BrF3N3O8S/c1-3-43-23-11-17(10-20(30)26(23)44-15-16-4-7-19(8-5-16)36(40)41)12-24-27(38)35(28(39)45-24)14-25(37)34-21-13-18(29(31,32)33)6-9-22(21)42-2/h4-13H,3,14-15H2,1-2H3,(H,34,37)/b24-12-. The van der Waals surface area contributed by atoms with Gasteiger partial charge in [0.1, 0.15) is 18.9 Å². The van der Waals surface area contributed by atoms with Crippen molar-refractivity contribution in [3.05, 3.63) is 90.8 Å². The maximum Gasteiger partial charge on any atom is 0.416 e. The summed E-state index contributed by atoms with van der Waals surface area (Å²) in [5, 5.41) is 12.4. The minimum absolute atomic E-state index is 0.00153. The first-order valence-electron chi connectivity index (χ1n) is 12.9. The third-order valence-electron chi connectivity index (χ3n) is 6.14. The van der Waals surface area contributed by atoms with Gasteiger partial charge in [0.15, 0.2) is 11.5 Å². The van der Waals surface area contributed by atoms with Crippen molar-refractivity contribution >= 4 is 62.2 Å². The number of halogens is 4. The van der Waals surface area contributed by atoms with Crippen LogP contribution < -0.4 is 19.5 Å². The number of methoxy groups -OCH3 is 1. The van der Waals surface area contributed by atoms with Gasteiger partial charge in [0.25, 0.3) is 16.8 Å². The van der Waals surface area contributed by atoms with Crippen molar-refractivity contribution in [2.75, 3.05) is 25.6 Å². The van der Waals surface area contributed by atoms with Crippen LogP contribution in [0.5, 0.6) is 17.2 Å². The molecule has 3 aromatic carbocycles. The highest BCUT2D eigenvalue weighted by Crippen LogP contribution is 2.40. The molecule has 0 unspecified atom stereocenters. The number of thioether (sulfide) groups is 1. The second-order valence-electron chi connectivity index (χ2n) is 9.20. The van der Waals surface area contributed by atoms with E-state index in [4.69, 9.17) is 14.2 Å². The zero-order valence-electron chi connectivity index (χ0n) is 23.5. The van der Waals surface area contributed by atoms with Gasteiger partial charge in [-0.15, -0.1) is 0 Å². The van der Waals surface area contributed by atoms with Crippen molar-refractivity contribution in [3.8, 4) is 17.2 Å². The first-order chi connectivity index (χ1) is 21.3. The third-order valence-corrected chi connectivity index (χ3v) is 7.63. The zero-order valence-corrected chi connectivity index (χ0v) is 25.9. The molecule has 0 saturated carbocycles. The van der Waals surface area contributed by atoms with E-state index in [9.17, 15) is 37.7 Å². The predicted octanol–water partition coefficient (Wildman–Crippen LogP) is 7.04. The summed E-state index contributed by atoms with van der Waals surface area (Å²) in [4.78, 5) is 49.4. The van der Waals surface area contributed by atoms with Crippen LogP contribution in [0.4, 0.5) is 29.3 Å². The fourth-order valence-electron chi connectivity index (χ4n) is 4.05. The minimum atomic E-state index is -4.67. The molecule has 236 valence electrons. The van der Waals surface area contributed by atoms with E-state index in [-0.39, 0.29) is 35.2 Å². The van der Waals surface area contributed by atoms with Gasteiger partial charge in [-0.1, -0.05) is 0 Å². The van der Waals surface area contributed by atoms with Gasteiger partial charge in [-0.05, 0) is 94.3 Å². The summed E-state index contributed by atoms with van der Waals surface area (Å²) in [5.41, 5.74) is -0.225. The number of anilines is 1. The minimum Gasteiger partial charge on any atom is -0.495 e. The quantitative estimate of drug-likeness (QED) is 0.126. The van der Waals surface area contributed by atoms with Gasteiger partial charge < -0.3 is 19.5 Å². The Kier molecular flexibility index (Phi) is 10.4. The lowest BCUT2D eigenvalue weighted by atomic mass is 10.1. The van der Waals surface area contributed by atoms with E-state index in [1.807, 2.05) is 0 Å². The van der Waals surface area contributed by atoms with E-state index in [1.54, 1.807) is 31.2 Å². The Labute approximate surface area is 266 Å². The third kappa shape index (κ3) is 8.13. The van der Waals surface area contributed by atoms with E-state index < -0.39 is 40.3 Å². The molecule has 0 atom stereocenters. The molecule has 11 nitrogen and oxygen atoms in total. The van der Waals surface area contributed by atoms with Crippen molar-refractivity contribution in [1.82, 2.24) is 4.90 Å². The summed E-state index contributed by atoms with van der Waals surface area (Å²) in [6.45, 7) is 1.35. The molecule has 0 aromatic heterocycles. The highest BCUT2D eigenvalue weighted by atomic mass is 79.9.